The molecule has 6 rings (SSSR count). The second kappa shape index (κ2) is 8.42. The molecule has 0 radical (unpaired) electrons. The first-order valence-electron chi connectivity index (χ1n) is 14.7. The van der Waals surface area contributed by atoms with Crippen LogP contribution in [0.3, 0.4) is 0 Å². The van der Waals surface area contributed by atoms with Gasteiger partial charge in [0.2, 0.25) is 11.7 Å². The first-order chi connectivity index (χ1) is 18.6. The van der Waals surface area contributed by atoms with Crippen LogP contribution in [0.2, 0.25) is 0 Å². The van der Waals surface area contributed by atoms with Crippen molar-refractivity contribution in [3.8, 4) is 6.07 Å². The number of allylic oxidation sites excluding steroid dienone is 4. The van der Waals surface area contributed by atoms with E-state index in [1.807, 2.05) is 19.1 Å². The number of carbonyl (C=O) groups excluding carboxylic acids is 2. The molecule has 1 aromatic heterocycles. The van der Waals surface area contributed by atoms with E-state index in [1.165, 1.54) is 0 Å². The minimum Gasteiger partial charge on any atom is -0.339 e. The highest BCUT2D eigenvalue weighted by Gasteiger charge is 2.70. The fourth-order valence-corrected chi connectivity index (χ4v) is 10.2. The summed E-state index contributed by atoms with van der Waals surface area (Å²) in [5.74, 6) is -1.05. The molecule has 0 bridgehead atoms. The predicted octanol–water partition coefficient (Wildman–Crippen LogP) is 7.09. The zero-order valence-electron chi connectivity index (χ0n) is 24.3. The molecule has 214 valence electrons. The number of hydrogen-bond acceptors (Lipinski definition) is 6. The molecule has 0 amide bonds. The Morgan fingerprint density at radius 1 is 1.05 bits per heavy atom. The summed E-state index contributed by atoms with van der Waals surface area (Å²) in [4.78, 5) is 31.6. The predicted molar refractivity (Wildman–Crippen MR) is 143 cm³/mol. The van der Waals surface area contributed by atoms with E-state index in [0.717, 1.165) is 44.1 Å². The minimum atomic E-state index is -2.81. The van der Waals surface area contributed by atoms with E-state index in [0.29, 0.717) is 6.42 Å². The second-order valence-electron chi connectivity index (χ2n) is 14.8. The van der Waals surface area contributed by atoms with Crippen LogP contribution in [0.5, 0.6) is 0 Å². The third-order valence-electron chi connectivity index (χ3n) is 12.6. The van der Waals surface area contributed by atoms with Crippen LogP contribution in [-0.4, -0.2) is 21.7 Å². The SMILES string of the molecule is C[C@@H]1C(=O)C(C#N)=C[C@]2(C)C3=CC(=O)[C@@H]4[C@@H]5CC(C)(C)CC[C@]5(c5nc(C(F)F)no5)CC[C@@]4(C)[C@]3(C)CC[C@@H]12. The Labute approximate surface area is 234 Å². The first-order valence-corrected chi connectivity index (χ1v) is 14.7. The number of carbonyl (C=O) groups is 2. The molecule has 8 heteroatoms. The lowest BCUT2D eigenvalue weighted by Crippen LogP contribution is -2.65. The van der Waals surface area contributed by atoms with Crippen LogP contribution in [0.1, 0.15) is 105 Å². The Morgan fingerprint density at radius 2 is 1.75 bits per heavy atom. The number of alkyl halides is 2. The number of nitrogens with zero attached hydrogens (tertiary/aromatic N) is 3. The largest absolute Gasteiger partial charge is 0.339 e. The molecule has 40 heavy (non-hydrogen) atoms. The van der Waals surface area contributed by atoms with Gasteiger partial charge in [0.1, 0.15) is 6.07 Å². The van der Waals surface area contributed by atoms with Gasteiger partial charge in [0.15, 0.2) is 11.6 Å². The summed E-state index contributed by atoms with van der Waals surface area (Å²) >= 11 is 0. The molecule has 6 nitrogen and oxygen atoms in total. The number of halogens is 2. The van der Waals surface area contributed by atoms with Crippen LogP contribution in [0.25, 0.3) is 0 Å². The van der Waals surface area contributed by atoms with Crippen molar-refractivity contribution in [2.45, 2.75) is 98.3 Å². The maximum absolute atomic E-state index is 14.5. The van der Waals surface area contributed by atoms with Crippen molar-refractivity contribution in [1.82, 2.24) is 10.1 Å². The highest BCUT2D eigenvalue weighted by atomic mass is 19.3. The summed E-state index contributed by atoms with van der Waals surface area (Å²) in [5, 5.41) is 13.4. The molecule has 1 aromatic rings. The molecule has 0 aliphatic heterocycles. The average molecular weight is 552 g/mol. The number of fused-ring (bicyclic) bond motifs is 7. The molecular weight excluding hydrogens is 512 g/mol. The van der Waals surface area contributed by atoms with Gasteiger partial charge >= 0.3 is 6.43 Å². The van der Waals surface area contributed by atoms with Gasteiger partial charge in [-0.1, -0.05) is 58.3 Å². The Balaban J connectivity index is 1.51. The van der Waals surface area contributed by atoms with E-state index in [1.54, 1.807) is 0 Å². The van der Waals surface area contributed by atoms with E-state index in [-0.39, 0.29) is 62.9 Å². The highest BCUT2D eigenvalue weighted by Crippen LogP contribution is 2.73. The topological polar surface area (TPSA) is 96.8 Å². The van der Waals surface area contributed by atoms with Gasteiger partial charge in [-0.15, -0.1) is 0 Å². The maximum atomic E-state index is 14.5. The maximum Gasteiger partial charge on any atom is 0.300 e. The van der Waals surface area contributed by atoms with Crippen LogP contribution in [0.4, 0.5) is 8.78 Å². The van der Waals surface area contributed by atoms with E-state index in [9.17, 15) is 23.6 Å². The lowest BCUT2D eigenvalue weighted by Gasteiger charge is -2.68. The van der Waals surface area contributed by atoms with E-state index in [4.69, 9.17) is 4.52 Å². The van der Waals surface area contributed by atoms with Crippen molar-refractivity contribution in [3.05, 3.63) is 35.0 Å². The standard InChI is InChI=1S/C32H39F2N3O3/c1-17-19-7-8-30(5)22(29(19,4)14-18(16-35)24(17)39)13-21(38)23-20-15-28(2,3)9-11-32(20,12-10-31(23,30)6)27-36-26(25(33)34)37-40-27/h13-14,17,19-20,23,25H,7-12,15H2,1-6H3/t17-,19-,20-,23-,29-,30+,31+,32-/m0/s1. The van der Waals surface area contributed by atoms with Crippen LogP contribution < -0.4 is 0 Å². The van der Waals surface area contributed by atoms with Gasteiger partial charge in [0.05, 0.1) is 11.0 Å². The fraction of sp³-hybridized carbons (Fsp3) is 0.719. The quantitative estimate of drug-likeness (QED) is 0.389. The number of hydrogen-bond donors (Lipinski definition) is 0. The van der Waals surface area contributed by atoms with Gasteiger partial charge in [-0.25, -0.2) is 8.78 Å². The third kappa shape index (κ3) is 3.35. The summed E-state index contributed by atoms with van der Waals surface area (Å²) in [7, 11) is 0. The molecule has 1 heterocycles. The summed E-state index contributed by atoms with van der Waals surface area (Å²) in [6, 6.07) is 2.13. The molecule has 3 fully saturated rings. The van der Waals surface area contributed by atoms with Crippen molar-refractivity contribution in [1.29, 1.82) is 5.26 Å². The van der Waals surface area contributed by atoms with Gasteiger partial charge in [-0.3, -0.25) is 9.59 Å². The van der Waals surface area contributed by atoms with Crippen molar-refractivity contribution >= 4 is 11.6 Å². The normalized spacial score (nSPS) is 44.0. The van der Waals surface area contributed by atoms with E-state index < -0.39 is 23.1 Å². The minimum absolute atomic E-state index is 0.0175. The lowest BCUT2D eigenvalue weighted by atomic mass is 9.35. The highest BCUT2D eigenvalue weighted by molar-refractivity contribution is 6.02. The van der Waals surface area contributed by atoms with Gasteiger partial charge in [-0.05, 0) is 79.1 Å². The molecular formula is C32H39F2N3O3. The summed E-state index contributed by atoms with van der Waals surface area (Å²) < 4.78 is 32.6. The molecule has 8 atom stereocenters. The molecule has 0 spiro atoms. The Hall–Kier alpha value is -2.69. The molecule has 0 aromatic carbocycles. The van der Waals surface area contributed by atoms with Crippen molar-refractivity contribution < 1.29 is 22.9 Å². The number of nitriles is 1. The fourth-order valence-electron chi connectivity index (χ4n) is 10.2. The Kier molecular flexibility index (Phi) is 5.79. The lowest BCUT2D eigenvalue weighted by molar-refractivity contribution is -0.159. The summed E-state index contributed by atoms with van der Waals surface area (Å²) in [5.41, 5.74) is -0.667. The van der Waals surface area contributed by atoms with E-state index in [2.05, 4.69) is 50.8 Å². The first kappa shape index (κ1) is 27.5. The number of rotatable bonds is 2. The smallest absolute Gasteiger partial charge is 0.300 e. The van der Waals surface area contributed by atoms with Crippen LogP contribution >= 0.6 is 0 Å². The number of Topliss-reactive ketones (excluding diaryl/α,β-unsaturated/α-hetero) is 1. The second-order valence-corrected chi connectivity index (χ2v) is 14.8. The zero-order chi connectivity index (χ0) is 29.0. The Bertz CT molecular complexity index is 1400. The summed E-state index contributed by atoms with van der Waals surface area (Å²) in [6.45, 7) is 13.0. The average Bonchev–Trinajstić information content (AvgIpc) is 3.39. The van der Waals surface area contributed by atoms with Crippen molar-refractivity contribution in [2.75, 3.05) is 0 Å². The molecule has 0 saturated heterocycles. The molecule has 5 aliphatic carbocycles. The molecule has 5 aliphatic rings. The van der Waals surface area contributed by atoms with Gasteiger partial charge in [-0.2, -0.15) is 10.2 Å². The van der Waals surface area contributed by atoms with Crippen molar-refractivity contribution in [2.24, 2.45) is 45.3 Å². The molecule has 3 saturated carbocycles. The zero-order valence-corrected chi connectivity index (χ0v) is 24.3. The van der Waals surface area contributed by atoms with Crippen LogP contribution in [0.15, 0.2) is 27.8 Å². The van der Waals surface area contributed by atoms with E-state index >= 15 is 0 Å². The van der Waals surface area contributed by atoms with Crippen LogP contribution in [0, 0.1) is 56.7 Å². The molecule has 0 unspecified atom stereocenters. The number of aromatic nitrogens is 2. The third-order valence-corrected chi connectivity index (χ3v) is 12.6. The monoisotopic (exact) mass is 551 g/mol. The van der Waals surface area contributed by atoms with Gasteiger partial charge in [0, 0.05) is 17.3 Å². The van der Waals surface area contributed by atoms with Crippen molar-refractivity contribution in [3.63, 3.8) is 0 Å². The van der Waals surface area contributed by atoms with Crippen LogP contribution in [-0.2, 0) is 15.0 Å². The number of ketones is 2. The van der Waals surface area contributed by atoms with Gasteiger partial charge < -0.3 is 4.52 Å². The van der Waals surface area contributed by atoms with Gasteiger partial charge in [0.25, 0.3) is 0 Å². The Morgan fingerprint density at radius 3 is 2.40 bits per heavy atom. The molecule has 0 N–H and O–H groups in total. The summed E-state index contributed by atoms with van der Waals surface area (Å²) in [6.07, 6.45) is 6.38.